The molecule has 2 aromatic rings. The molecule has 16 heavy (non-hydrogen) atoms. The predicted octanol–water partition coefficient (Wildman–Crippen LogP) is 0.695. The number of nitrogen functional groups attached to an aromatic ring is 1. The number of rotatable bonds is 4. The molecule has 0 saturated carbocycles. The largest absolute Gasteiger partial charge is 0.382 e. The lowest BCUT2D eigenvalue weighted by molar-refractivity contribution is 0.667. The zero-order valence-corrected chi connectivity index (χ0v) is 10.1. The van der Waals surface area contributed by atoms with Crippen LogP contribution < -0.4 is 5.73 Å². The average Bonchev–Trinajstić information content (AvgIpc) is 2.79. The Morgan fingerprint density at radius 1 is 1.44 bits per heavy atom. The summed E-state index contributed by atoms with van der Waals surface area (Å²) in [5, 5.41) is 13.1. The Labute approximate surface area is 97.8 Å². The van der Waals surface area contributed by atoms with Crippen LogP contribution in [0.5, 0.6) is 0 Å². The molecule has 2 aromatic heterocycles. The van der Waals surface area contributed by atoms with Crippen molar-refractivity contribution in [1.29, 1.82) is 0 Å². The lowest BCUT2D eigenvalue weighted by Crippen LogP contribution is -2.03. The van der Waals surface area contributed by atoms with Crippen molar-refractivity contribution in [2.45, 2.75) is 18.6 Å². The molecule has 0 bridgehead atoms. The third-order valence-corrected chi connectivity index (χ3v) is 3.27. The van der Waals surface area contributed by atoms with Gasteiger partial charge in [0.05, 0.1) is 6.54 Å². The monoisotopic (exact) mass is 238 g/mol. The summed E-state index contributed by atoms with van der Waals surface area (Å²) in [6.07, 6.45) is 1.87. The molecule has 0 spiro atoms. The van der Waals surface area contributed by atoms with Gasteiger partial charge in [-0.15, -0.1) is 10.2 Å². The van der Waals surface area contributed by atoms with E-state index in [1.54, 1.807) is 17.8 Å². The topological polar surface area (TPSA) is 74.6 Å². The maximum absolute atomic E-state index is 5.52. The van der Waals surface area contributed by atoms with Gasteiger partial charge in [-0.1, -0.05) is 11.8 Å². The highest BCUT2D eigenvalue weighted by molar-refractivity contribution is 7.99. The van der Waals surface area contributed by atoms with Crippen LogP contribution in [0.3, 0.4) is 0 Å². The Bertz CT molecular complexity index is 474. The first-order valence-electron chi connectivity index (χ1n) is 4.94. The summed E-state index contributed by atoms with van der Waals surface area (Å²) >= 11 is 1.66. The number of nitrogens with two attached hydrogens (primary N) is 1. The molecule has 0 unspecified atom stereocenters. The van der Waals surface area contributed by atoms with Crippen LogP contribution in [0.4, 0.5) is 5.82 Å². The zero-order valence-electron chi connectivity index (χ0n) is 9.29. The second-order valence-corrected chi connectivity index (χ2v) is 4.50. The van der Waals surface area contributed by atoms with Crippen LogP contribution >= 0.6 is 11.8 Å². The first-order valence-corrected chi connectivity index (χ1v) is 5.93. The molecule has 0 aliphatic rings. The second-order valence-electron chi connectivity index (χ2n) is 3.44. The molecule has 0 aliphatic heterocycles. The standard InChI is InChI=1S/C9H14N6S/c1-7-11-12-9(14(7)2)16-6-5-15-4-3-8(10)13-15/h3-4H,5-6H2,1-2H3,(H2,10,13). The third-order valence-electron chi connectivity index (χ3n) is 2.27. The van der Waals surface area contributed by atoms with Crippen LogP contribution in [0.15, 0.2) is 17.4 Å². The summed E-state index contributed by atoms with van der Waals surface area (Å²) in [5.74, 6) is 2.37. The number of aromatic nitrogens is 5. The number of aryl methyl sites for hydroxylation is 2. The van der Waals surface area contributed by atoms with Gasteiger partial charge >= 0.3 is 0 Å². The van der Waals surface area contributed by atoms with Gasteiger partial charge in [0.15, 0.2) is 5.16 Å². The van der Waals surface area contributed by atoms with Crippen LogP contribution in [0.1, 0.15) is 5.82 Å². The van der Waals surface area contributed by atoms with Crippen molar-refractivity contribution >= 4 is 17.6 Å². The second kappa shape index (κ2) is 4.56. The fourth-order valence-corrected chi connectivity index (χ4v) is 2.13. The lowest BCUT2D eigenvalue weighted by atomic mass is 10.7. The van der Waals surface area contributed by atoms with Crippen LogP contribution in [-0.2, 0) is 13.6 Å². The predicted molar refractivity (Wildman–Crippen MR) is 63.1 cm³/mol. The minimum atomic E-state index is 0.555. The van der Waals surface area contributed by atoms with Crippen molar-refractivity contribution in [3.63, 3.8) is 0 Å². The van der Waals surface area contributed by atoms with E-state index in [0.717, 1.165) is 23.3 Å². The van der Waals surface area contributed by atoms with Crippen molar-refractivity contribution in [2.75, 3.05) is 11.5 Å². The minimum absolute atomic E-state index is 0.555. The number of anilines is 1. The fourth-order valence-electron chi connectivity index (χ4n) is 1.25. The van der Waals surface area contributed by atoms with Crippen molar-refractivity contribution in [1.82, 2.24) is 24.5 Å². The van der Waals surface area contributed by atoms with Gasteiger partial charge in [-0.05, 0) is 13.0 Å². The smallest absolute Gasteiger partial charge is 0.191 e. The van der Waals surface area contributed by atoms with Gasteiger partial charge in [0.2, 0.25) is 0 Å². The molecule has 0 amide bonds. The van der Waals surface area contributed by atoms with Crippen LogP contribution in [-0.4, -0.2) is 30.3 Å². The quantitative estimate of drug-likeness (QED) is 0.793. The van der Waals surface area contributed by atoms with E-state index in [9.17, 15) is 0 Å². The van der Waals surface area contributed by atoms with E-state index in [1.807, 2.05) is 29.4 Å². The molecule has 0 radical (unpaired) electrons. The van der Waals surface area contributed by atoms with Crippen molar-refractivity contribution in [2.24, 2.45) is 7.05 Å². The fraction of sp³-hybridized carbons (Fsp3) is 0.444. The average molecular weight is 238 g/mol. The van der Waals surface area contributed by atoms with Crippen LogP contribution in [0.25, 0.3) is 0 Å². The number of nitrogens with zero attached hydrogens (tertiary/aromatic N) is 5. The van der Waals surface area contributed by atoms with Crippen molar-refractivity contribution in [3.05, 3.63) is 18.1 Å². The van der Waals surface area contributed by atoms with Gasteiger partial charge in [-0.25, -0.2) is 0 Å². The summed E-state index contributed by atoms with van der Waals surface area (Å²) in [6, 6.07) is 1.79. The highest BCUT2D eigenvalue weighted by Gasteiger charge is 2.05. The Balaban J connectivity index is 1.86. The van der Waals surface area contributed by atoms with Gasteiger partial charge in [-0.2, -0.15) is 5.10 Å². The van der Waals surface area contributed by atoms with Crippen LogP contribution in [0, 0.1) is 6.92 Å². The molecule has 0 aromatic carbocycles. The molecule has 0 atom stereocenters. The molecule has 86 valence electrons. The highest BCUT2D eigenvalue weighted by Crippen LogP contribution is 2.15. The maximum Gasteiger partial charge on any atom is 0.191 e. The van der Waals surface area contributed by atoms with Gasteiger partial charge in [0.25, 0.3) is 0 Å². The normalized spacial score (nSPS) is 10.9. The van der Waals surface area contributed by atoms with Gasteiger partial charge in [-0.3, -0.25) is 4.68 Å². The van der Waals surface area contributed by atoms with Gasteiger partial charge < -0.3 is 10.3 Å². The molecule has 6 nitrogen and oxygen atoms in total. The molecule has 2 rings (SSSR count). The summed E-state index contributed by atoms with van der Waals surface area (Å²) in [4.78, 5) is 0. The molecular weight excluding hydrogens is 224 g/mol. The van der Waals surface area contributed by atoms with E-state index in [2.05, 4.69) is 15.3 Å². The Morgan fingerprint density at radius 2 is 2.25 bits per heavy atom. The summed E-state index contributed by atoms with van der Waals surface area (Å²) in [7, 11) is 1.96. The number of hydrogen-bond donors (Lipinski definition) is 1. The van der Waals surface area contributed by atoms with E-state index in [0.29, 0.717) is 5.82 Å². The molecular formula is C9H14N6S. The first kappa shape index (κ1) is 11.0. The SMILES string of the molecule is Cc1nnc(SCCn2ccc(N)n2)n1C. The number of thioether (sulfide) groups is 1. The molecule has 2 heterocycles. The summed E-state index contributed by atoms with van der Waals surface area (Å²) in [5.41, 5.74) is 5.52. The number of hydrogen-bond acceptors (Lipinski definition) is 5. The van der Waals surface area contributed by atoms with E-state index < -0.39 is 0 Å². The Kier molecular flexibility index (Phi) is 3.14. The van der Waals surface area contributed by atoms with E-state index in [-0.39, 0.29) is 0 Å². The molecule has 0 saturated heterocycles. The first-order chi connectivity index (χ1) is 7.66. The van der Waals surface area contributed by atoms with Gasteiger partial charge in [0.1, 0.15) is 11.6 Å². The highest BCUT2D eigenvalue weighted by atomic mass is 32.2. The maximum atomic E-state index is 5.52. The van der Waals surface area contributed by atoms with Crippen molar-refractivity contribution in [3.8, 4) is 0 Å². The lowest BCUT2D eigenvalue weighted by Gasteiger charge is -2.01. The van der Waals surface area contributed by atoms with Gasteiger partial charge in [0, 0.05) is 19.0 Å². The molecule has 0 aliphatic carbocycles. The van der Waals surface area contributed by atoms with Crippen molar-refractivity contribution < 1.29 is 0 Å². The summed E-state index contributed by atoms with van der Waals surface area (Å²) < 4.78 is 3.80. The van der Waals surface area contributed by atoms with E-state index in [1.165, 1.54) is 0 Å². The minimum Gasteiger partial charge on any atom is -0.382 e. The Hall–Kier alpha value is -1.50. The molecule has 0 fully saturated rings. The molecule has 2 N–H and O–H groups in total. The third kappa shape index (κ3) is 2.35. The Morgan fingerprint density at radius 3 is 2.81 bits per heavy atom. The zero-order chi connectivity index (χ0) is 11.5. The van der Waals surface area contributed by atoms with E-state index >= 15 is 0 Å². The molecule has 7 heteroatoms. The van der Waals surface area contributed by atoms with E-state index in [4.69, 9.17) is 5.73 Å². The van der Waals surface area contributed by atoms with Crippen LogP contribution in [0.2, 0.25) is 0 Å². The summed E-state index contributed by atoms with van der Waals surface area (Å²) in [6.45, 7) is 2.75.